The number of pyridine rings is 1. The number of piperazine rings is 1. The van der Waals surface area contributed by atoms with Crippen LogP contribution in [0.5, 0.6) is 0 Å². The van der Waals surface area contributed by atoms with Crippen molar-refractivity contribution in [2.24, 2.45) is 0 Å². The Hall–Kier alpha value is -5.03. The number of tetrazole rings is 1. The third-order valence-electron chi connectivity index (χ3n) is 7.35. The molecule has 0 atom stereocenters. The van der Waals surface area contributed by atoms with E-state index in [1.807, 2.05) is 31.4 Å². The fraction of sp³-hybridized carbons (Fsp3) is 0.433. The summed E-state index contributed by atoms with van der Waals surface area (Å²) in [5, 5.41) is 21.7. The minimum Gasteiger partial charge on any atom is -0.352 e. The van der Waals surface area contributed by atoms with E-state index in [9.17, 15) is 19.2 Å². The van der Waals surface area contributed by atoms with E-state index in [1.54, 1.807) is 29.2 Å². The third kappa shape index (κ3) is 8.23. The van der Waals surface area contributed by atoms with Crippen LogP contribution in [0.1, 0.15) is 48.2 Å². The summed E-state index contributed by atoms with van der Waals surface area (Å²) in [6.45, 7) is 7.85. The molecule has 17 heteroatoms. The molecule has 3 amide bonds. The van der Waals surface area contributed by atoms with Crippen molar-refractivity contribution in [3.8, 4) is 0 Å². The Labute approximate surface area is 275 Å². The molecule has 0 saturated carbocycles. The van der Waals surface area contributed by atoms with Gasteiger partial charge in [-0.3, -0.25) is 28.9 Å². The molecule has 5 heterocycles. The highest BCUT2D eigenvalue weighted by Gasteiger charge is 2.26. The number of aromatic amines is 1. The smallest absolute Gasteiger partial charge is 0.275 e. The van der Waals surface area contributed by atoms with Gasteiger partial charge in [0.2, 0.25) is 5.91 Å². The van der Waals surface area contributed by atoms with E-state index in [0.29, 0.717) is 47.2 Å². The normalized spacial score (nSPS) is 14.2. The van der Waals surface area contributed by atoms with Gasteiger partial charge in [-0.25, -0.2) is 9.97 Å². The van der Waals surface area contributed by atoms with Gasteiger partial charge in [-0.2, -0.15) is 5.21 Å². The van der Waals surface area contributed by atoms with Gasteiger partial charge in [0.1, 0.15) is 11.5 Å². The Balaban J connectivity index is 1.38. The highest BCUT2D eigenvalue weighted by atomic mass is 32.1. The first-order valence-corrected chi connectivity index (χ1v) is 15.9. The van der Waals surface area contributed by atoms with Crippen LogP contribution < -0.4 is 21.1 Å². The molecule has 1 fully saturated rings. The van der Waals surface area contributed by atoms with Crippen molar-refractivity contribution in [2.45, 2.75) is 26.2 Å². The molecular weight excluding hydrogens is 624 g/mol. The van der Waals surface area contributed by atoms with Crippen LogP contribution >= 0.6 is 11.3 Å². The summed E-state index contributed by atoms with van der Waals surface area (Å²) in [7, 11) is 5.71. The zero-order valence-corrected chi connectivity index (χ0v) is 28.1. The monoisotopic (exact) mass is 663 g/mol. The Morgan fingerprint density at radius 1 is 1.09 bits per heavy atom. The molecule has 1 aliphatic heterocycles. The molecule has 0 spiro atoms. The van der Waals surface area contributed by atoms with Crippen molar-refractivity contribution in [2.75, 3.05) is 70.6 Å². The molecule has 1 saturated heterocycles. The standard InChI is InChI=1S/C30H38N12O4S/c1-30(2,3)21-18-47-29(32-21)34-27(45)19-9-10-41-23(15-19)33-26(20(28(41)46)7-8-22-35-37-38-36-22)40-13-11-39(12-14-40)25(44)16-31-24(43)17-42(4,5)6/h7-10,15,18H,11-14,16-17H2,1-6H3,(H2-,31,32,34,35,36,37,38,43,45)/p+1. The Morgan fingerprint density at radius 3 is 2.47 bits per heavy atom. The molecule has 0 unspecified atom stereocenters. The number of hydrogen-bond acceptors (Lipinski definition) is 11. The Kier molecular flexibility index (Phi) is 9.48. The minimum atomic E-state index is -0.375. The number of amides is 3. The van der Waals surface area contributed by atoms with E-state index < -0.39 is 0 Å². The number of thiazole rings is 1. The van der Waals surface area contributed by atoms with Gasteiger partial charge in [0.15, 0.2) is 17.5 Å². The van der Waals surface area contributed by atoms with Crippen molar-refractivity contribution < 1.29 is 18.9 Å². The highest BCUT2D eigenvalue weighted by molar-refractivity contribution is 7.14. The minimum absolute atomic E-state index is 0.0869. The maximum Gasteiger partial charge on any atom is 0.275 e. The van der Waals surface area contributed by atoms with Gasteiger partial charge in [0.25, 0.3) is 17.4 Å². The van der Waals surface area contributed by atoms with E-state index in [2.05, 4.69) is 57.0 Å². The second-order valence-corrected chi connectivity index (χ2v) is 14.1. The molecule has 16 nitrogen and oxygen atoms in total. The number of aromatic nitrogens is 7. The summed E-state index contributed by atoms with van der Waals surface area (Å²) in [6.07, 6.45) is 4.65. The van der Waals surface area contributed by atoms with E-state index in [4.69, 9.17) is 4.98 Å². The maximum atomic E-state index is 13.8. The SMILES string of the molecule is CC(C)(C)c1csc(NC(=O)c2ccn3c(=O)c(/C=C/c4nn[nH]n4)c(N4CCN(C(=O)CNC(=O)C[N+](C)(C)C)CC4)nc3c2)n1. The van der Waals surface area contributed by atoms with E-state index in [-0.39, 0.29) is 58.8 Å². The van der Waals surface area contributed by atoms with E-state index in [0.717, 1.165) is 5.69 Å². The van der Waals surface area contributed by atoms with Crippen LogP contribution in [0.15, 0.2) is 28.5 Å². The second-order valence-electron chi connectivity index (χ2n) is 13.2. The summed E-state index contributed by atoms with van der Waals surface area (Å²) in [5.74, 6) is -0.0800. The molecular formula is C30H39N12O4S+. The first-order chi connectivity index (χ1) is 22.2. The van der Waals surface area contributed by atoms with Crippen LogP contribution in [0.4, 0.5) is 10.9 Å². The molecule has 5 rings (SSSR count). The molecule has 0 aromatic carbocycles. The number of H-pyrrole nitrogens is 1. The Bertz CT molecular complexity index is 1860. The topological polar surface area (TPSA) is 183 Å². The number of anilines is 2. The molecule has 0 bridgehead atoms. The molecule has 4 aromatic heterocycles. The number of nitrogens with one attached hydrogen (secondary N) is 3. The first-order valence-electron chi connectivity index (χ1n) is 15.0. The summed E-state index contributed by atoms with van der Waals surface area (Å²) in [4.78, 5) is 65.0. The number of carbonyl (C=O) groups is 3. The van der Waals surface area contributed by atoms with Crippen molar-refractivity contribution in [1.29, 1.82) is 0 Å². The summed E-state index contributed by atoms with van der Waals surface area (Å²) < 4.78 is 1.83. The largest absolute Gasteiger partial charge is 0.352 e. The van der Waals surface area contributed by atoms with Crippen molar-refractivity contribution in [1.82, 2.24) is 45.2 Å². The number of quaternary nitrogens is 1. The molecule has 248 valence electrons. The molecule has 1 aliphatic rings. The van der Waals surface area contributed by atoms with Gasteiger partial charge in [-0.15, -0.1) is 21.5 Å². The van der Waals surface area contributed by atoms with Gasteiger partial charge in [-0.05, 0) is 29.5 Å². The maximum absolute atomic E-state index is 13.8. The fourth-order valence-corrected chi connectivity index (χ4v) is 5.78. The Morgan fingerprint density at radius 2 is 1.83 bits per heavy atom. The molecule has 3 N–H and O–H groups in total. The lowest BCUT2D eigenvalue weighted by molar-refractivity contribution is -0.862. The number of rotatable bonds is 9. The van der Waals surface area contributed by atoms with Gasteiger partial charge in [-0.1, -0.05) is 20.8 Å². The van der Waals surface area contributed by atoms with Crippen molar-refractivity contribution in [3.63, 3.8) is 0 Å². The average Bonchev–Trinajstić information content (AvgIpc) is 3.71. The molecule has 47 heavy (non-hydrogen) atoms. The molecule has 0 radical (unpaired) electrons. The van der Waals surface area contributed by atoms with Crippen LogP contribution in [0.25, 0.3) is 17.8 Å². The van der Waals surface area contributed by atoms with Gasteiger partial charge in [0, 0.05) is 48.7 Å². The third-order valence-corrected chi connectivity index (χ3v) is 8.11. The zero-order valence-electron chi connectivity index (χ0n) is 27.3. The summed E-state index contributed by atoms with van der Waals surface area (Å²) >= 11 is 1.35. The second kappa shape index (κ2) is 13.4. The quantitative estimate of drug-likeness (QED) is 0.217. The van der Waals surface area contributed by atoms with E-state index in [1.165, 1.54) is 21.9 Å². The van der Waals surface area contributed by atoms with Crippen molar-refractivity contribution in [3.05, 3.63) is 56.7 Å². The number of likely N-dealkylation sites (N-methyl/N-ethyl adjacent to an activating group) is 1. The van der Waals surface area contributed by atoms with Crippen LogP contribution in [0.2, 0.25) is 0 Å². The number of hydrogen-bond donors (Lipinski definition) is 3. The van der Waals surface area contributed by atoms with E-state index >= 15 is 0 Å². The molecule has 4 aromatic rings. The number of carbonyl (C=O) groups excluding carboxylic acids is 3. The highest BCUT2D eigenvalue weighted by Crippen LogP contribution is 2.27. The van der Waals surface area contributed by atoms with Crippen LogP contribution in [-0.4, -0.2) is 123 Å². The zero-order chi connectivity index (χ0) is 33.9. The van der Waals surface area contributed by atoms with Gasteiger partial charge >= 0.3 is 0 Å². The lowest BCUT2D eigenvalue weighted by Crippen LogP contribution is -2.52. The first kappa shape index (κ1) is 33.3. The predicted octanol–water partition coefficient (Wildman–Crippen LogP) is 0.855. The number of nitrogens with zero attached hydrogens (tertiary/aromatic N) is 9. The lowest BCUT2D eigenvalue weighted by Gasteiger charge is -2.36. The van der Waals surface area contributed by atoms with Gasteiger partial charge < -0.3 is 19.6 Å². The van der Waals surface area contributed by atoms with Gasteiger partial charge in [0.05, 0.1) is 38.9 Å². The fourth-order valence-electron chi connectivity index (χ4n) is 4.85. The van der Waals surface area contributed by atoms with Crippen LogP contribution in [0.3, 0.4) is 0 Å². The number of fused-ring (bicyclic) bond motifs is 1. The summed E-state index contributed by atoms with van der Waals surface area (Å²) in [5.41, 5.74) is 1.25. The van der Waals surface area contributed by atoms with Crippen molar-refractivity contribution >= 4 is 57.8 Å². The molecule has 0 aliphatic carbocycles. The van der Waals surface area contributed by atoms with Crippen LogP contribution in [0, 0.1) is 0 Å². The lowest BCUT2D eigenvalue weighted by atomic mass is 9.93. The predicted molar refractivity (Wildman–Crippen MR) is 178 cm³/mol. The van der Waals surface area contributed by atoms with Crippen LogP contribution in [-0.2, 0) is 15.0 Å². The summed E-state index contributed by atoms with van der Waals surface area (Å²) in [6, 6.07) is 3.11. The average molecular weight is 664 g/mol.